The summed E-state index contributed by atoms with van der Waals surface area (Å²) in [6.45, 7) is 7.39. The van der Waals surface area contributed by atoms with Crippen LogP contribution < -0.4 is 15.5 Å². The number of pyridine rings is 1. The molecule has 0 aliphatic carbocycles. The summed E-state index contributed by atoms with van der Waals surface area (Å²) in [5.74, 6) is 1.14. The molecule has 0 unspecified atom stereocenters. The highest BCUT2D eigenvalue weighted by Crippen LogP contribution is 2.21. The van der Waals surface area contributed by atoms with Crippen molar-refractivity contribution in [3.05, 3.63) is 23.9 Å². The number of anilines is 1. The van der Waals surface area contributed by atoms with Gasteiger partial charge in [-0.15, -0.1) is 0 Å². The average molecular weight is 276 g/mol. The molecule has 0 saturated carbocycles. The fourth-order valence-corrected chi connectivity index (χ4v) is 2.64. The molecule has 5 nitrogen and oxygen atoms in total. The molecule has 1 aliphatic rings. The third-order valence-electron chi connectivity index (χ3n) is 3.63. The molecule has 2 N–H and O–H groups in total. The number of carbonyl (C=O) groups is 1. The molecule has 1 aromatic heterocycles. The minimum atomic E-state index is 0.0640. The van der Waals surface area contributed by atoms with Crippen molar-refractivity contribution in [2.24, 2.45) is 0 Å². The number of hydrogen-bond acceptors (Lipinski definition) is 4. The van der Waals surface area contributed by atoms with E-state index < -0.39 is 0 Å². The standard InChI is InChI=1S/C15H24N4O/c1-3-16-11-13-5-4-8-17-15(13)19-9-6-14(7-10-19)18-12(2)20/h4-5,8,14,16H,3,6-7,9-11H2,1-2H3,(H,18,20). The van der Waals surface area contributed by atoms with Gasteiger partial charge in [-0.25, -0.2) is 4.98 Å². The molecule has 0 aromatic carbocycles. The van der Waals surface area contributed by atoms with E-state index in [1.165, 1.54) is 5.56 Å². The molecular formula is C15H24N4O. The van der Waals surface area contributed by atoms with Crippen LogP contribution in [-0.2, 0) is 11.3 Å². The van der Waals surface area contributed by atoms with Crippen molar-refractivity contribution in [1.29, 1.82) is 0 Å². The lowest BCUT2D eigenvalue weighted by Crippen LogP contribution is -2.44. The SMILES string of the molecule is CCNCc1cccnc1N1CCC(NC(C)=O)CC1. The Labute approximate surface area is 120 Å². The summed E-state index contributed by atoms with van der Waals surface area (Å²) in [5.41, 5.74) is 1.24. The first kappa shape index (κ1) is 14.8. The van der Waals surface area contributed by atoms with Gasteiger partial charge in [0.1, 0.15) is 5.82 Å². The molecule has 0 bridgehead atoms. The topological polar surface area (TPSA) is 57.3 Å². The number of piperidine rings is 1. The van der Waals surface area contributed by atoms with E-state index in [1.54, 1.807) is 6.92 Å². The summed E-state index contributed by atoms with van der Waals surface area (Å²) >= 11 is 0. The molecule has 2 heterocycles. The number of carbonyl (C=O) groups excluding carboxylic acids is 1. The van der Waals surface area contributed by atoms with Crippen molar-refractivity contribution >= 4 is 11.7 Å². The second kappa shape index (κ2) is 7.24. The molecule has 0 spiro atoms. The lowest BCUT2D eigenvalue weighted by molar-refractivity contribution is -0.119. The molecule has 1 aromatic rings. The van der Waals surface area contributed by atoms with E-state index in [0.717, 1.165) is 44.8 Å². The van der Waals surface area contributed by atoms with Crippen LogP contribution in [0.3, 0.4) is 0 Å². The fraction of sp³-hybridized carbons (Fsp3) is 0.600. The number of nitrogens with one attached hydrogen (secondary N) is 2. The highest BCUT2D eigenvalue weighted by molar-refractivity contribution is 5.73. The molecule has 2 rings (SSSR count). The molecule has 0 atom stereocenters. The maximum Gasteiger partial charge on any atom is 0.217 e. The van der Waals surface area contributed by atoms with Crippen LogP contribution in [-0.4, -0.2) is 36.6 Å². The predicted octanol–water partition coefficient (Wildman–Crippen LogP) is 1.30. The van der Waals surface area contributed by atoms with Gasteiger partial charge in [-0.3, -0.25) is 4.79 Å². The summed E-state index contributed by atoms with van der Waals surface area (Å²) in [6, 6.07) is 4.43. The van der Waals surface area contributed by atoms with Gasteiger partial charge in [-0.1, -0.05) is 13.0 Å². The zero-order chi connectivity index (χ0) is 14.4. The maximum absolute atomic E-state index is 11.1. The van der Waals surface area contributed by atoms with Crippen LogP contribution in [0.5, 0.6) is 0 Å². The normalized spacial score (nSPS) is 16.2. The Morgan fingerprint density at radius 3 is 2.85 bits per heavy atom. The minimum absolute atomic E-state index is 0.0640. The van der Waals surface area contributed by atoms with Crippen molar-refractivity contribution in [2.45, 2.75) is 39.3 Å². The van der Waals surface area contributed by atoms with Gasteiger partial charge in [0.2, 0.25) is 5.91 Å². The third kappa shape index (κ3) is 3.93. The van der Waals surface area contributed by atoms with Crippen molar-refractivity contribution in [1.82, 2.24) is 15.6 Å². The van der Waals surface area contributed by atoms with Gasteiger partial charge in [-0.05, 0) is 25.5 Å². The second-order valence-electron chi connectivity index (χ2n) is 5.23. The van der Waals surface area contributed by atoms with Crippen molar-refractivity contribution in [3.8, 4) is 0 Å². The van der Waals surface area contributed by atoms with Gasteiger partial charge >= 0.3 is 0 Å². The van der Waals surface area contributed by atoms with E-state index in [2.05, 4.69) is 33.5 Å². The quantitative estimate of drug-likeness (QED) is 0.851. The summed E-state index contributed by atoms with van der Waals surface area (Å²) < 4.78 is 0. The Kier molecular flexibility index (Phi) is 5.35. The number of nitrogens with zero attached hydrogens (tertiary/aromatic N) is 2. The summed E-state index contributed by atoms with van der Waals surface area (Å²) in [4.78, 5) is 18.0. The van der Waals surface area contributed by atoms with Crippen LogP contribution in [0.15, 0.2) is 18.3 Å². The molecule has 1 amide bonds. The van der Waals surface area contributed by atoms with Crippen molar-refractivity contribution < 1.29 is 4.79 Å². The van der Waals surface area contributed by atoms with E-state index in [-0.39, 0.29) is 5.91 Å². The molecule has 5 heteroatoms. The molecular weight excluding hydrogens is 252 g/mol. The van der Waals surface area contributed by atoms with Crippen LogP contribution in [0.25, 0.3) is 0 Å². The van der Waals surface area contributed by atoms with Gasteiger partial charge in [0.05, 0.1) is 0 Å². The lowest BCUT2D eigenvalue weighted by Gasteiger charge is -2.34. The first-order valence-electron chi connectivity index (χ1n) is 7.37. The average Bonchev–Trinajstić information content (AvgIpc) is 2.46. The number of amides is 1. The Bertz CT molecular complexity index is 441. The van der Waals surface area contributed by atoms with E-state index in [1.807, 2.05) is 12.3 Å². The first-order valence-corrected chi connectivity index (χ1v) is 7.37. The monoisotopic (exact) mass is 276 g/mol. The largest absolute Gasteiger partial charge is 0.356 e. The summed E-state index contributed by atoms with van der Waals surface area (Å²) in [6.07, 6.45) is 3.82. The Morgan fingerprint density at radius 1 is 1.45 bits per heavy atom. The Balaban J connectivity index is 1.97. The van der Waals surface area contributed by atoms with Crippen LogP contribution in [0.4, 0.5) is 5.82 Å². The Morgan fingerprint density at radius 2 is 2.20 bits per heavy atom. The van der Waals surface area contributed by atoms with Crippen molar-refractivity contribution in [2.75, 3.05) is 24.5 Å². The van der Waals surface area contributed by atoms with E-state index in [9.17, 15) is 4.79 Å². The minimum Gasteiger partial charge on any atom is -0.356 e. The lowest BCUT2D eigenvalue weighted by atomic mass is 10.0. The molecule has 110 valence electrons. The highest BCUT2D eigenvalue weighted by atomic mass is 16.1. The van der Waals surface area contributed by atoms with Gasteiger partial charge in [0.15, 0.2) is 0 Å². The fourth-order valence-electron chi connectivity index (χ4n) is 2.64. The van der Waals surface area contributed by atoms with Gasteiger partial charge in [-0.2, -0.15) is 0 Å². The number of hydrogen-bond donors (Lipinski definition) is 2. The van der Waals surface area contributed by atoms with Gasteiger partial charge in [0.25, 0.3) is 0 Å². The van der Waals surface area contributed by atoms with Crippen LogP contribution in [0, 0.1) is 0 Å². The molecule has 1 fully saturated rings. The highest BCUT2D eigenvalue weighted by Gasteiger charge is 2.21. The predicted molar refractivity (Wildman–Crippen MR) is 80.7 cm³/mol. The van der Waals surface area contributed by atoms with E-state index in [4.69, 9.17) is 0 Å². The maximum atomic E-state index is 11.1. The first-order chi connectivity index (χ1) is 9.70. The van der Waals surface area contributed by atoms with E-state index >= 15 is 0 Å². The summed E-state index contributed by atoms with van der Waals surface area (Å²) in [7, 11) is 0. The zero-order valence-corrected chi connectivity index (χ0v) is 12.4. The summed E-state index contributed by atoms with van der Waals surface area (Å²) in [5, 5.41) is 6.36. The van der Waals surface area contributed by atoms with Crippen LogP contribution in [0.2, 0.25) is 0 Å². The second-order valence-corrected chi connectivity index (χ2v) is 5.23. The molecule has 20 heavy (non-hydrogen) atoms. The van der Waals surface area contributed by atoms with Gasteiger partial charge < -0.3 is 15.5 Å². The molecule has 1 aliphatic heterocycles. The van der Waals surface area contributed by atoms with Gasteiger partial charge in [0, 0.05) is 44.4 Å². The van der Waals surface area contributed by atoms with Crippen LogP contribution >= 0.6 is 0 Å². The zero-order valence-electron chi connectivity index (χ0n) is 12.4. The molecule has 0 radical (unpaired) electrons. The number of aromatic nitrogens is 1. The van der Waals surface area contributed by atoms with Crippen molar-refractivity contribution in [3.63, 3.8) is 0 Å². The number of rotatable bonds is 5. The van der Waals surface area contributed by atoms with Crippen LogP contribution in [0.1, 0.15) is 32.3 Å². The third-order valence-corrected chi connectivity index (χ3v) is 3.63. The van der Waals surface area contributed by atoms with E-state index in [0.29, 0.717) is 6.04 Å². The Hall–Kier alpha value is -1.62. The smallest absolute Gasteiger partial charge is 0.217 e. The molecule has 1 saturated heterocycles.